The summed E-state index contributed by atoms with van der Waals surface area (Å²) in [5, 5.41) is 22.7. The molecule has 3 heterocycles. The second kappa shape index (κ2) is 10.2. The molecule has 2 bridgehead atoms. The molecular weight excluding hydrogens is 560 g/mol. The number of hydrogen-bond acceptors (Lipinski definition) is 9. The molecule has 0 unspecified atom stereocenters. The molecule has 3 aliphatic carbocycles. The molecule has 1 aliphatic heterocycles. The Morgan fingerprint density at radius 2 is 1.98 bits per heavy atom. The molecule has 2 aromatic carbocycles. The Labute approximate surface area is 256 Å². The molecule has 0 radical (unpaired) electrons. The Kier molecular flexibility index (Phi) is 6.53. The van der Waals surface area contributed by atoms with Crippen molar-refractivity contribution in [1.29, 1.82) is 5.26 Å². The monoisotopic (exact) mass is 594 g/mol. The van der Waals surface area contributed by atoms with Crippen molar-refractivity contribution in [3.05, 3.63) is 76.8 Å². The average molecular weight is 595 g/mol. The Bertz CT molecular complexity index is 1810. The second-order valence-corrected chi connectivity index (χ2v) is 13.6. The first kappa shape index (κ1) is 27.6. The molecule has 1 atom stereocenters. The van der Waals surface area contributed by atoms with Crippen molar-refractivity contribution in [2.24, 2.45) is 11.3 Å². The van der Waals surface area contributed by atoms with Crippen molar-refractivity contribution < 1.29 is 4.74 Å². The fourth-order valence-corrected chi connectivity index (χ4v) is 6.81. The largest absolute Gasteiger partial charge is 0.481 e. The number of aromatic nitrogens is 2. The summed E-state index contributed by atoms with van der Waals surface area (Å²) in [6.07, 6.45) is 9.22. The second-order valence-electron chi connectivity index (χ2n) is 13.2. The highest BCUT2D eigenvalue weighted by molar-refractivity contribution is 6.35. The minimum atomic E-state index is -0.271. The highest BCUT2D eigenvalue weighted by atomic mass is 35.5. The summed E-state index contributed by atoms with van der Waals surface area (Å²) in [5.41, 5.74) is 11.8. The molecule has 4 aliphatic rings. The topological polar surface area (TPSA) is 110 Å². The molecule has 2 aromatic heterocycles. The SMILES string of the molecule is COc1nccc2c([C@H](Nc3cc(Cl)c4ncc(C#N)c(NCC(C)(C)C)c4c3)C3=CN(C45CC(C4)C5)NN3)cccc12. The van der Waals surface area contributed by atoms with E-state index in [0.717, 1.165) is 44.7 Å². The number of fused-ring (bicyclic) bond motifs is 2. The predicted molar refractivity (Wildman–Crippen MR) is 170 cm³/mol. The highest BCUT2D eigenvalue weighted by Crippen LogP contribution is 2.60. The molecule has 3 fully saturated rings. The molecule has 220 valence electrons. The van der Waals surface area contributed by atoms with Gasteiger partial charge in [-0.05, 0) is 65.8 Å². The van der Waals surface area contributed by atoms with Crippen LogP contribution in [0.3, 0.4) is 0 Å². The fourth-order valence-electron chi connectivity index (χ4n) is 6.54. The quantitative estimate of drug-likeness (QED) is 0.178. The van der Waals surface area contributed by atoms with Gasteiger partial charge < -0.3 is 20.8 Å². The van der Waals surface area contributed by atoms with Crippen LogP contribution in [0.2, 0.25) is 5.02 Å². The van der Waals surface area contributed by atoms with Crippen LogP contribution in [0.1, 0.15) is 57.2 Å². The van der Waals surface area contributed by atoms with Gasteiger partial charge >= 0.3 is 0 Å². The summed E-state index contributed by atoms with van der Waals surface area (Å²) in [6, 6.07) is 14.2. The number of nitriles is 1. The molecule has 8 rings (SSSR count). The van der Waals surface area contributed by atoms with Crippen LogP contribution >= 0.6 is 11.6 Å². The summed E-state index contributed by atoms with van der Waals surface area (Å²) in [4.78, 5) is 8.98. The van der Waals surface area contributed by atoms with E-state index in [-0.39, 0.29) is 17.0 Å². The lowest BCUT2D eigenvalue weighted by Crippen LogP contribution is -2.69. The summed E-state index contributed by atoms with van der Waals surface area (Å²) >= 11 is 6.87. The lowest BCUT2D eigenvalue weighted by molar-refractivity contribution is -0.141. The maximum absolute atomic E-state index is 9.92. The zero-order valence-corrected chi connectivity index (χ0v) is 25.5. The Hall–Kier alpha value is -4.26. The van der Waals surface area contributed by atoms with Crippen LogP contribution in [0.15, 0.2) is 60.7 Å². The van der Waals surface area contributed by atoms with Gasteiger partial charge in [0.05, 0.1) is 46.2 Å². The third-order valence-corrected chi connectivity index (χ3v) is 9.16. The van der Waals surface area contributed by atoms with E-state index in [4.69, 9.17) is 16.3 Å². The fraction of sp³-hybridized carbons (Fsp3) is 0.364. The van der Waals surface area contributed by atoms with Crippen LogP contribution in [0, 0.1) is 22.7 Å². The lowest BCUT2D eigenvalue weighted by Gasteiger charge is -2.64. The van der Waals surface area contributed by atoms with Crippen LogP contribution in [-0.2, 0) is 0 Å². The molecular formula is C33H35ClN8O. The van der Waals surface area contributed by atoms with Crippen molar-refractivity contribution in [2.75, 3.05) is 24.3 Å². The van der Waals surface area contributed by atoms with Crippen molar-refractivity contribution in [1.82, 2.24) is 25.9 Å². The average Bonchev–Trinajstić information content (AvgIpc) is 3.41. The van der Waals surface area contributed by atoms with Crippen LogP contribution in [0.5, 0.6) is 5.88 Å². The van der Waals surface area contributed by atoms with Gasteiger partial charge in [0.2, 0.25) is 5.88 Å². The van der Waals surface area contributed by atoms with E-state index in [9.17, 15) is 5.26 Å². The first-order valence-electron chi connectivity index (χ1n) is 14.7. The number of rotatable bonds is 8. The van der Waals surface area contributed by atoms with Gasteiger partial charge in [-0.3, -0.25) is 9.99 Å². The maximum atomic E-state index is 9.92. The molecule has 9 nitrogen and oxygen atoms in total. The summed E-state index contributed by atoms with van der Waals surface area (Å²) < 4.78 is 5.60. The Morgan fingerprint density at radius 1 is 1.16 bits per heavy atom. The Morgan fingerprint density at radius 3 is 2.67 bits per heavy atom. The molecule has 3 saturated carbocycles. The van der Waals surface area contributed by atoms with E-state index in [1.54, 1.807) is 19.5 Å². The summed E-state index contributed by atoms with van der Waals surface area (Å²) in [5.74, 6) is 1.44. The first-order valence-corrected chi connectivity index (χ1v) is 15.0. The zero-order chi connectivity index (χ0) is 29.9. The third-order valence-electron chi connectivity index (χ3n) is 8.88. The summed E-state index contributed by atoms with van der Waals surface area (Å²) in [6.45, 7) is 7.15. The zero-order valence-electron chi connectivity index (χ0n) is 24.8. The van der Waals surface area contributed by atoms with Crippen molar-refractivity contribution in [3.63, 3.8) is 0 Å². The molecule has 0 amide bonds. The molecule has 0 spiro atoms. The van der Waals surface area contributed by atoms with Crippen LogP contribution in [0.4, 0.5) is 11.4 Å². The number of anilines is 2. The number of nitrogens with zero attached hydrogens (tertiary/aromatic N) is 4. The smallest absolute Gasteiger partial charge is 0.221 e. The number of hydrogen-bond donors (Lipinski definition) is 4. The van der Waals surface area contributed by atoms with Crippen molar-refractivity contribution in [3.8, 4) is 11.9 Å². The predicted octanol–water partition coefficient (Wildman–Crippen LogP) is 6.65. The van der Waals surface area contributed by atoms with Gasteiger partial charge in [-0.15, -0.1) is 5.53 Å². The minimum Gasteiger partial charge on any atom is -0.481 e. The normalized spacial score (nSPS) is 21.3. The number of methoxy groups -OCH3 is 1. The van der Waals surface area contributed by atoms with E-state index in [0.29, 0.717) is 28.5 Å². The minimum absolute atomic E-state index is 0.0111. The van der Waals surface area contributed by atoms with Gasteiger partial charge in [-0.2, -0.15) is 5.26 Å². The van der Waals surface area contributed by atoms with Crippen LogP contribution in [0.25, 0.3) is 21.7 Å². The lowest BCUT2D eigenvalue weighted by atomic mass is 9.49. The van der Waals surface area contributed by atoms with Crippen LogP contribution in [-0.4, -0.2) is 34.2 Å². The number of nitrogens with one attached hydrogen (secondary N) is 4. The van der Waals surface area contributed by atoms with E-state index in [1.165, 1.54) is 19.3 Å². The Balaban J connectivity index is 1.34. The van der Waals surface area contributed by atoms with E-state index in [2.05, 4.69) is 75.7 Å². The molecule has 10 heteroatoms. The van der Waals surface area contributed by atoms with E-state index in [1.807, 2.05) is 30.3 Å². The number of hydrazine groups is 2. The molecule has 4 aromatic rings. The van der Waals surface area contributed by atoms with Crippen LogP contribution < -0.4 is 26.3 Å². The standard InChI is InChI=1S/C33H35ClN8O/c1-32(2,3)18-38-28-20(15-35)16-37-29-25(28)10-21(11-26(29)34)39-30(27-17-42(41-40-27)33-12-19(13-33)14-33)23-6-5-7-24-22(23)8-9-36-31(24)43-4/h5-11,16-17,19,30,39-41H,12-14,18H2,1-4H3,(H,37,38)/t19?,30-,33?/m0/s1. The van der Waals surface area contributed by atoms with Gasteiger partial charge in [-0.1, -0.05) is 44.5 Å². The van der Waals surface area contributed by atoms with Gasteiger partial charge in [0.25, 0.3) is 0 Å². The number of benzene rings is 2. The number of ether oxygens (including phenoxy) is 1. The van der Waals surface area contributed by atoms with Gasteiger partial charge in [0, 0.05) is 41.6 Å². The van der Waals surface area contributed by atoms with Crippen molar-refractivity contribution in [2.45, 2.75) is 51.6 Å². The first-order chi connectivity index (χ1) is 20.7. The van der Waals surface area contributed by atoms with Gasteiger partial charge in [0.15, 0.2) is 0 Å². The number of halogens is 1. The maximum Gasteiger partial charge on any atom is 0.221 e. The van der Waals surface area contributed by atoms with Gasteiger partial charge in [-0.25, -0.2) is 4.98 Å². The molecule has 4 N–H and O–H groups in total. The van der Waals surface area contributed by atoms with Crippen molar-refractivity contribution >= 4 is 44.7 Å². The molecule has 43 heavy (non-hydrogen) atoms. The highest BCUT2D eigenvalue weighted by Gasteiger charge is 2.60. The van der Waals surface area contributed by atoms with Gasteiger partial charge in [0.1, 0.15) is 6.07 Å². The third kappa shape index (κ3) is 4.75. The molecule has 0 saturated heterocycles. The summed E-state index contributed by atoms with van der Waals surface area (Å²) in [7, 11) is 1.64. The van der Waals surface area contributed by atoms with E-state index < -0.39 is 0 Å². The number of pyridine rings is 2. The van der Waals surface area contributed by atoms with E-state index >= 15 is 0 Å².